The summed E-state index contributed by atoms with van der Waals surface area (Å²) in [6.07, 6.45) is 17.4. The van der Waals surface area contributed by atoms with Crippen LogP contribution < -0.4 is 0 Å². The summed E-state index contributed by atoms with van der Waals surface area (Å²) in [6.45, 7) is 2.25. The Bertz CT molecular complexity index is 999. The van der Waals surface area contributed by atoms with Crippen LogP contribution in [0.1, 0.15) is 75.0 Å². The number of carboxylic acids is 1. The van der Waals surface area contributed by atoms with E-state index < -0.39 is 5.97 Å². The monoisotopic (exact) mass is 472 g/mol. The summed E-state index contributed by atoms with van der Waals surface area (Å²) in [5.41, 5.74) is 3.40. The van der Waals surface area contributed by atoms with Crippen LogP contribution in [0.2, 0.25) is 0 Å². The predicted molar refractivity (Wildman–Crippen MR) is 145 cm³/mol. The van der Waals surface area contributed by atoms with Crippen molar-refractivity contribution in [1.29, 1.82) is 0 Å². The Balaban J connectivity index is 1.80. The molecule has 0 spiro atoms. The van der Waals surface area contributed by atoms with E-state index in [-0.39, 0.29) is 17.1 Å². The van der Waals surface area contributed by atoms with Gasteiger partial charge >= 0.3 is 5.97 Å². The number of carbonyl (C=O) groups is 1. The molecule has 3 heteroatoms. The Morgan fingerprint density at radius 2 is 1.56 bits per heavy atom. The highest BCUT2D eigenvalue weighted by Gasteiger charge is 2.41. The molecule has 0 heterocycles. The van der Waals surface area contributed by atoms with Gasteiger partial charge in [-0.25, -0.2) is 0 Å². The molecule has 1 atom stereocenters. The number of allylic oxidation sites excluding steroid dienone is 4. The van der Waals surface area contributed by atoms with Crippen LogP contribution in [0.25, 0.3) is 0 Å². The number of carboxylic acid groups (broad SMARTS) is 1. The molecule has 2 nitrogen and oxygen atoms in total. The van der Waals surface area contributed by atoms with Gasteiger partial charge in [0.1, 0.15) is 0 Å². The molecule has 1 N–H and O–H groups in total. The fourth-order valence-corrected chi connectivity index (χ4v) is 6.02. The molecule has 1 unspecified atom stereocenters. The van der Waals surface area contributed by atoms with Gasteiger partial charge in [-0.2, -0.15) is 0 Å². The molecule has 0 bridgehead atoms. The maximum atomic E-state index is 11.3. The molecule has 1 aliphatic carbocycles. The van der Waals surface area contributed by atoms with Gasteiger partial charge in [0, 0.05) is 23.7 Å². The molecule has 2 aromatic carbocycles. The van der Waals surface area contributed by atoms with Crippen LogP contribution in [0.4, 0.5) is 0 Å². The van der Waals surface area contributed by atoms with Crippen molar-refractivity contribution >= 4 is 17.7 Å². The van der Waals surface area contributed by atoms with E-state index >= 15 is 0 Å². The maximum absolute atomic E-state index is 11.3. The van der Waals surface area contributed by atoms with Gasteiger partial charge in [-0.3, -0.25) is 4.79 Å². The van der Waals surface area contributed by atoms with E-state index in [9.17, 15) is 9.90 Å². The van der Waals surface area contributed by atoms with Crippen molar-refractivity contribution in [2.24, 2.45) is 5.92 Å². The molecule has 2 aromatic rings. The first-order valence-electron chi connectivity index (χ1n) is 12.5. The summed E-state index contributed by atoms with van der Waals surface area (Å²) in [7, 11) is 0. The third-order valence-electron chi connectivity index (χ3n) is 6.27. The van der Waals surface area contributed by atoms with Gasteiger partial charge in [-0.1, -0.05) is 118 Å². The van der Waals surface area contributed by atoms with Crippen molar-refractivity contribution in [2.45, 2.75) is 63.0 Å². The van der Waals surface area contributed by atoms with E-state index in [1.807, 2.05) is 6.07 Å². The molecule has 0 aliphatic heterocycles. The normalized spacial score (nSPS) is 14.5. The summed E-state index contributed by atoms with van der Waals surface area (Å²) >= 11 is 1.72. The lowest BCUT2D eigenvalue weighted by atomic mass is 9.80. The van der Waals surface area contributed by atoms with E-state index in [0.29, 0.717) is 5.75 Å². The van der Waals surface area contributed by atoms with Crippen molar-refractivity contribution in [1.82, 2.24) is 0 Å². The number of rotatable bonds is 13. The van der Waals surface area contributed by atoms with E-state index in [0.717, 1.165) is 12.0 Å². The number of hydrogen-bond donors (Lipinski definition) is 1. The minimum Gasteiger partial charge on any atom is -0.481 e. The molecule has 1 aliphatic rings. The minimum absolute atomic E-state index is 0.140. The van der Waals surface area contributed by atoms with Gasteiger partial charge in [0.25, 0.3) is 0 Å². The zero-order valence-electron chi connectivity index (χ0n) is 20.2. The maximum Gasteiger partial charge on any atom is 0.304 e. The minimum atomic E-state index is -0.761. The zero-order valence-corrected chi connectivity index (χ0v) is 21.0. The smallest absolute Gasteiger partial charge is 0.304 e. The molecule has 0 radical (unpaired) electrons. The van der Waals surface area contributed by atoms with Gasteiger partial charge in [-0.15, -0.1) is 11.8 Å². The first-order chi connectivity index (χ1) is 16.7. The van der Waals surface area contributed by atoms with Crippen LogP contribution in [-0.4, -0.2) is 16.8 Å². The molecule has 0 aromatic heterocycles. The molecular formula is C31H36O2S. The SMILES string of the molecule is CCCCCCCCC#Cc1ccc(C(SCCC(=O)O)(c2ccccc2)C2C=CC=C2)cc1. The van der Waals surface area contributed by atoms with Crippen LogP contribution in [-0.2, 0) is 9.54 Å². The van der Waals surface area contributed by atoms with Crippen molar-refractivity contribution in [2.75, 3.05) is 5.75 Å². The Morgan fingerprint density at radius 1 is 0.912 bits per heavy atom. The molecular weight excluding hydrogens is 436 g/mol. The first kappa shape index (κ1) is 25.9. The van der Waals surface area contributed by atoms with Crippen molar-refractivity contribution in [3.05, 3.63) is 95.6 Å². The third kappa shape index (κ3) is 7.15. The second kappa shape index (κ2) is 13.9. The van der Waals surface area contributed by atoms with Gasteiger partial charge < -0.3 is 5.11 Å². The van der Waals surface area contributed by atoms with Gasteiger partial charge in [-0.05, 0) is 29.7 Å². The zero-order chi connectivity index (χ0) is 24.1. The lowest BCUT2D eigenvalue weighted by Gasteiger charge is -2.38. The number of thioether (sulfide) groups is 1. The van der Waals surface area contributed by atoms with Crippen LogP contribution in [0.5, 0.6) is 0 Å². The van der Waals surface area contributed by atoms with E-state index in [2.05, 4.69) is 91.6 Å². The van der Waals surface area contributed by atoms with E-state index in [4.69, 9.17) is 0 Å². The Morgan fingerprint density at radius 3 is 2.24 bits per heavy atom. The lowest BCUT2D eigenvalue weighted by Crippen LogP contribution is -2.31. The summed E-state index contributed by atoms with van der Waals surface area (Å²) in [4.78, 5) is 11.3. The van der Waals surface area contributed by atoms with Crippen LogP contribution >= 0.6 is 11.8 Å². The summed E-state index contributed by atoms with van der Waals surface area (Å²) in [5, 5.41) is 9.27. The van der Waals surface area contributed by atoms with Crippen LogP contribution in [0.3, 0.4) is 0 Å². The third-order valence-corrected chi connectivity index (χ3v) is 7.87. The average Bonchev–Trinajstić information content (AvgIpc) is 3.40. The van der Waals surface area contributed by atoms with Crippen molar-refractivity contribution < 1.29 is 9.90 Å². The lowest BCUT2D eigenvalue weighted by molar-refractivity contribution is -0.136. The Labute approximate surface area is 209 Å². The predicted octanol–water partition coefficient (Wildman–Crippen LogP) is 7.98. The number of aliphatic carboxylic acids is 1. The first-order valence-corrected chi connectivity index (χ1v) is 13.5. The fourth-order valence-electron chi connectivity index (χ4n) is 4.46. The Hall–Kier alpha value is -2.70. The second-order valence-electron chi connectivity index (χ2n) is 8.79. The molecule has 178 valence electrons. The highest BCUT2D eigenvalue weighted by Crippen LogP contribution is 2.51. The molecule has 3 rings (SSSR count). The van der Waals surface area contributed by atoms with Crippen molar-refractivity contribution in [3.8, 4) is 11.8 Å². The number of benzene rings is 2. The van der Waals surface area contributed by atoms with Crippen LogP contribution in [0, 0.1) is 17.8 Å². The second-order valence-corrected chi connectivity index (χ2v) is 10.1. The standard InChI is InChI=1S/C31H36O2S/c1-2-3-4-5-6-7-8-10-15-26-20-22-29(23-21-26)31(28-18-13-14-19-28,34-25-24-30(32)33)27-16-11-9-12-17-27/h9,11-14,16-23,28H,2-8,24-25H2,1H3,(H,32,33). The highest BCUT2D eigenvalue weighted by molar-refractivity contribution is 8.00. The molecule has 34 heavy (non-hydrogen) atoms. The molecule has 0 fully saturated rings. The summed E-state index contributed by atoms with van der Waals surface area (Å²) in [6, 6.07) is 19.0. The van der Waals surface area contributed by atoms with Gasteiger partial charge in [0.2, 0.25) is 0 Å². The molecule has 0 saturated carbocycles. The van der Waals surface area contributed by atoms with Crippen LogP contribution in [0.15, 0.2) is 78.9 Å². The van der Waals surface area contributed by atoms with Gasteiger partial charge in [0.15, 0.2) is 0 Å². The fraction of sp³-hybridized carbons (Fsp3) is 0.387. The highest BCUT2D eigenvalue weighted by atomic mass is 32.2. The summed E-state index contributed by atoms with van der Waals surface area (Å²) < 4.78 is -0.384. The molecule has 0 saturated heterocycles. The Kier molecular flexibility index (Phi) is 10.6. The summed E-state index contributed by atoms with van der Waals surface area (Å²) in [5.74, 6) is 6.61. The van der Waals surface area contributed by atoms with Crippen molar-refractivity contribution in [3.63, 3.8) is 0 Å². The number of unbranched alkanes of at least 4 members (excludes halogenated alkanes) is 6. The molecule has 0 amide bonds. The number of hydrogen-bond acceptors (Lipinski definition) is 2. The topological polar surface area (TPSA) is 37.3 Å². The van der Waals surface area contributed by atoms with E-state index in [1.54, 1.807) is 11.8 Å². The quantitative estimate of drug-likeness (QED) is 0.237. The van der Waals surface area contributed by atoms with E-state index in [1.165, 1.54) is 49.7 Å². The van der Waals surface area contributed by atoms with Gasteiger partial charge in [0.05, 0.1) is 11.2 Å². The largest absolute Gasteiger partial charge is 0.481 e. The average molecular weight is 473 g/mol.